The molecular formula is C9H8F3NO3. The number of carbonyl (C=O) groups excluding carboxylic acids is 1. The number of aromatic hydroxyl groups is 1. The van der Waals surface area contributed by atoms with Gasteiger partial charge in [0.15, 0.2) is 17.4 Å². The molecule has 3 N–H and O–H groups in total. The smallest absolute Gasteiger partial charge is 0.254 e. The Kier molecular flexibility index (Phi) is 3.73. The fourth-order valence-corrected chi connectivity index (χ4v) is 1.02. The number of nitrogens with one attached hydrogen (secondary N) is 1. The molecule has 0 spiro atoms. The average molecular weight is 235 g/mol. The molecular weight excluding hydrogens is 227 g/mol. The minimum absolute atomic E-state index is 0.169. The SMILES string of the molecule is O=C(NCCO)c1cc(F)c(F)c(O)c1F. The van der Waals surface area contributed by atoms with Gasteiger partial charge in [-0.05, 0) is 6.07 Å². The molecule has 0 radical (unpaired) electrons. The molecule has 1 aromatic carbocycles. The number of hydrogen-bond donors (Lipinski definition) is 3. The highest BCUT2D eigenvalue weighted by Gasteiger charge is 2.21. The lowest BCUT2D eigenvalue weighted by atomic mass is 10.1. The van der Waals surface area contributed by atoms with E-state index < -0.39 is 34.7 Å². The van der Waals surface area contributed by atoms with Gasteiger partial charge in [0.1, 0.15) is 0 Å². The van der Waals surface area contributed by atoms with E-state index in [1.807, 2.05) is 5.32 Å². The number of halogens is 3. The number of hydrogen-bond acceptors (Lipinski definition) is 3. The number of carbonyl (C=O) groups is 1. The standard InChI is InChI=1S/C9H8F3NO3/c10-5-3-4(9(16)13-1-2-14)6(11)8(15)7(5)12/h3,14-15H,1-2H2,(H,13,16). The van der Waals surface area contributed by atoms with Crippen molar-refractivity contribution in [3.05, 3.63) is 29.1 Å². The van der Waals surface area contributed by atoms with E-state index in [9.17, 15) is 18.0 Å². The van der Waals surface area contributed by atoms with Crippen molar-refractivity contribution in [3.8, 4) is 5.75 Å². The molecule has 0 heterocycles. The quantitative estimate of drug-likeness (QED) is 0.669. The van der Waals surface area contributed by atoms with Crippen molar-refractivity contribution in [1.82, 2.24) is 5.32 Å². The fraction of sp³-hybridized carbons (Fsp3) is 0.222. The van der Waals surface area contributed by atoms with Gasteiger partial charge in [-0.3, -0.25) is 4.79 Å². The first-order valence-electron chi connectivity index (χ1n) is 4.24. The Labute approximate surface area is 88.3 Å². The zero-order valence-corrected chi connectivity index (χ0v) is 7.93. The van der Waals surface area contributed by atoms with Crippen molar-refractivity contribution in [2.45, 2.75) is 0 Å². The molecule has 4 nitrogen and oxygen atoms in total. The van der Waals surface area contributed by atoms with Crippen LogP contribution < -0.4 is 5.32 Å². The molecule has 16 heavy (non-hydrogen) atoms. The van der Waals surface area contributed by atoms with E-state index >= 15 is 0 Å². The maximum absolute atomic E-state index is 13.1. The second-order valence-corrected chi connectivity index (χ2v) is 2.86. The second-order valence-electron chi connectivity index (χ2n) is 2.86. The summed E-state index contributed by atoms with van der Waals surface area (Å²) in [5.41, 5.74) is -0.829. The van der Waals surface area contributed by atoms with E-state index in [-0.39, 0.29) is 13.2 Å². The molecule has 0 fully saturated rings. The number of aliphatic hydroxyl groups is 1. The summed E-state index contributed by atoms with van der Waals surface area (Å²) in [6, 6.07) is 0.330. The van der Waals surface area contributed by atoms with Gasteiger partial charge < -0.3 is 15.5 Å². The predicted molar refractivity (Wildman–Crippen MR) is 47.4 cm³/mol. The molecule has 88 valence electrons. The van der Waals surface area contributed by atoms with Gasteiger partial charge in [-0.1, -0.05) is 0 Å². The molecule has 0 saturated carbocycles. The van der Waals surface area contributed by atoms with Crippen LogP contribution in [0.15, 0.2) is 6.07 Å². The minimum atomic E-state index is -1.75. The molecule has 7 heteroatoms. The van der Waals surface area contributed by atoms with Crippen LogP contribution in [0.1, 0.15) is 10.4 Å². The molecule has 0 saturated heterocycles. The van der Waals surface area contributed by atoms with Gasteiger partial charge in [0, 0.05) is 6.54 Å². The lowest BCUT2D eigenvalue weighted by Gasteiger charge is -2.06. The van der Waals surface area contributed by atoms with E-state index in [0.29, 0.717) is 6.07 Å². The summed E-state index contributed by atoms with van der Waals surface area (Å²) in [4.78, 5) is 11.2. The molecule has 0 unspecified atom stereocenters. The van der Waals surface area contributed by atoms with Crippen LogP contribution in [0.2, 0.25) is 0 Å². The molecule has 0 atom stereocenters. The number of phenols is 1. The van der Waals surface area contributed by atoms with Crippen LogP contribution in [-0.2, 0) is 0 Å². The predicted octanol–water partition coefficient (Wildman–Crippen LogP) is 0.532. The topological polar surface area (TPSA) is 69.6 Å². The summed E-state index contributed by atoms with van der Waals surface area (Å²) in [5.74, 6) is -7.44. The van der Waals surface area contributed by atoms with E-state index in [0.717, 1.165) is 0 Å². The zero-order chi connectivity index (χ0) is 12.3. The van der Waals surface area contributed by atoms with Gasteiger partial charge >= 0.3 is 0 Å². The van der Waals surface area contributed by atoms with E-state index in [1.165, 1.54) is 0 Å². The van der Waals surface area contributed by atoms with Crippen molar-refractivity contribution < 1.29 is 28.2 Å². The van der Waals surface area contributed by atoms with Crippen LogP contribution >= 0.6 is 0 Å². The fourth-order valence-electron chi connectivity index (χ4n) is 1.02. The van der Waals surface area contributed by atoms with Gasteiger partial charge in [-0.25, -0.2) is 8.78 Å². The largest absolute Gasteiger partial charge is 0.503 e. The van der Waals surface area contributed by atoms with E-state index in [4.69, 9.17) is 10.2 Å². The Balaban J connectivity index is 3.10. The van der Waals surface area contributed by atoms with Crippen molar-refractivity contribution >= 4 is 5.91 Å². The third kappa shape index (κ3) is 2.25. The average Bonchev–Trinajstić information content (AvgIpc) is 2.28. The highest BCUT2D eigenvalue weighted by Crippen LogP contribution is 2.25. The van der Waals surface area contributed by atoms with Gasteiger partial charge in [0.2, 0.25) is 5.82 Å². The number of aliphatic hydroxyl groups excluding tert-OH is 1. The summed E-state index contributed by atoms with van der Waals surface area (Å²) in [5, 5.41) is 19.2. The Hall–Kier alpha value is -1.76. The Morgan fingerprint density at radius 3 is 2.50 bits per heavy atom. The summed E-state index contributed by atoms with van der Waals surface area (Å²) >= 11 is 0. The Bertz CT molecular complexity index is 423. The van der Waals surface area contributed by atoms with E-state index in [1.54, 1.807) is 0 Å². The molecule has 1 aromatic rings. The summed E-state index contributed by atoms with van der Waals surface area (Å²) in [7, 11) is 0. The second kappa shape index (κ2) is 4.84. The van der Waals surface area contributed by atoms with Crippen molar-refractivity contribution in [1.29, 1.82) is 0 Å². The molecule has 0 aliphatic carbocycles. The van der Waals surface area contributed by atoms with Gasteiger partial charge in [0.05, 0.1) is 12.2 Å². The first-order chi connectivity index (χ1) is 7.49. The summed E-state index contributed by atoms with van der Waals surface area (Å²) < 4.78 is 38.6. The summed E-state index contributed by atoms with van der Waals surface area (Å²) in [6.07, 6.45) is 0. The third-order valence-electron chi connectivity index (χ3n) is 1.78. The monoisotopic (exact) mass is 235 g/mol. The number of rotatable bonds is 3. The maximum Gasteiger partial charge on any atom is 0.254 e. The third-order valence-corrected chi connectivity index (χ3v) is 1.78. The summed E-state index contributed by atoms with van der Waals surface area (Å²) in [6.45, 7) is -0.555. The molecule has 0 bridgehead atoms. The molecule has 0 aromatic heterocycles. The molecule has 0 aliphatic heterocycles. The zero-order valence-electron chi connectivity index (χ0n) is 7.93. The van der Waals surface area contributed by atoms with Crippen LogP contribution in [0.3, 0.4) is 0 Å². The molecule has 1 amide bonds. The first kappa shape index (κ1) is 12.3. The van der Waals surface area contributed by atoms with Crippen LogP contribution in [-0.4, -0.2) is 29.3 Å². The Morgan fingerprint density at radius 2 is 1.94 bits per heavy atom. The minimum Gasteiger partial charge on any atom is -0.503 e. The highest BCUT2D eigenvalue weighted by atomic mass is 19.2. The van der Waals surface area contributed by atoms with Crippen molar-refractivity contribution in [3.63, 3.8) is 0 Å². The maximum atomic E-state index is 13.1. The first-order valence-corrected chi connectivity index (χ1v) is 4.24. The lowest BCUT2D eigenvalue weighted by Crippen LogP contribution is -2.27. The number of benzene rings is 1. The van der Waals surface area contributed by atoms with Gasteiger partial charge in [-0.15, -0.1) is 0 Å². The molecule has 0 aliphatic rings. The van der Waals surface area contributed by atoms with Gasteiger partial charge in [0.25, 0.3) is 5.91 Å². The van der Waals surface area contributed by atoms with E-state index in [2.05, 4.69) is 0 Å². The van der Waals surface area contributed by atoms with Crippen molar-refractivity contribution in [2.24, 2.45) is 0 Å². The van der Waals surface area contributed by atoms with Crippen LogP contribution in [0.5, 0.6) is 5.75 Å². The van der Waals surface area contributed by atoms with Crippen LogP contribution in [0.4, 0.5) is 13.2 Å². The lowest BCUT2D eigenvalue weighted by molar-refractivity contribution is 0.0939. The van der Waals surface area contributed by atoms with Crippen LogP contribution in [0, 0.1) is 17.5 Å². The van der Waals surface area contributed by atoms with Crippen molar-refractivity contribution in [2.75, 3.05) is 13.2 Å². The van der Waals surface area contributed by atoms with Crippen LogP contribution in [0.25, 0.3) is 0 Å². The Morgan fingerprint density at radius 1 is 1.31 bits per heavy atom. The normalized spacial score (nSPS) is 10.2. The number of phenolic OH excluding ortho intramolecular Hbond substituents is 1. The highest BCUT2D eigenvalue weighted by molar-refractivity contribution is 5.94. The molecule has 1 rings (SSSR count). The van der Waals surface area contributed by atoms with Gasteiger partial charge in [-0.2, -0.15) is 4.39 Å². The number of amides is 1.